The Labute approximate surface area is 139 Å². The molecule has 2 N–H and O–H groups in total. The van der Waals surface area contributed by atoms with Crippen LogP contribution >= 0.6 is 15.9 Å². The van der Waals surface area contributed by atoms with Crippen LogP contribution in [0, 0.1) is 0 Å². The summed E-state index contributed by atoms with van der Waals surface area (Å²) in [6, 6.07) is -0.339. The molecule has 0 aromatic heterocycles. The number of nitrogens with one attached hydrogen (secondary N) is 2. The highest BCUT2D eigenvalue weighted by molar-refractivity contribution is 9.09. The fourth-order valence-electron chi connectivity index (χ4n) is 1.39. The summed E-state index contributed by atoms with van der Waals surface area (Å²) in [6.07, 6.45) is 0.316. The van der Waals surface area contributed by atoms with Crippen molar-refractivity contribution in [3.05, 3.63) is 12.7 Å². The predicted molar refractivity (Wildman–Crippen MR) is 86.8 cm³/mol. The van der Waals surface area contributed by atoms with E-state index in [1.54, 1.807) is 27.7 Å². The van der Waals surface area contributed by atoms with Crippen LogP contribution in [-0.4, -0.2) is 41.9 Å². The van der Waals surface area contributed by atoms with Crippen LogP contribution in [0.3, 0.4) is 0 Å². The first-order valence-electron chi connectivity index (χ1n) is 6.94. The minimum atomic E-state index is -0.721. The monoisotopic (exact) mass is 380 g/mol. The van der Waals surface area contributed by atoms with E-state index in [0.717, 1.165) is 0 Å². The van der Waals surface area contributed by atoms with E-state index in [1.165, 1.54) is 6.08 Å². The molecule has 1 unspecified atom stereocenters. The molecule has 0 bridgehead atoms. The number of halogens is 1. The third kappa shape index (κ3) is 10.4. The quantitative estimate of drug-likeness (QED) is 0.384. The summed E-state index contributed by atoms with van der Waals surface area (Å²) in [7, 11) is 0. The van der Waals surface area contributed by atoms with Gasteiger partial charge in [0.15, 0.2) is 0 Å². The van der Waals surface area contributed by atoms with Gasteiger partial charge in [0.05, 0.1) is 6.04 Å². The minimum Gasteiger partial charge on any atom is -0.444 e. The van der Waals surface area contributed by atoms with Gasteiger partial charge in [0.2, 0.25) is 0 Å². The third-order valence-corrected chi connectivity index (χ3v) is 2.81. The molecule has 7 nitrogen and oxygen atoms in total. The maximum Gasteiger partial charge on any atom is 0.431 e. The molecule has 2 amide bonds. The summed E-state index contributed by atoms with van der Waals surface area (Å²) < 4.78 is 9.91. The normalized spacial score (nSPS) is 13.7. The predicted octanol–water partition coefficient (Wildman–Crippen LogP) is 2.90. The molecule has 0 saturated carbocycles. The second-order valence-electron chi connectivity index (χ2n) is 5.54. The molecule has 0 saturated heterocycles. The number of hydrogen-bond donors (Lipinski definition) is 2. The minimum absolute atomic E-state index is 0.0879. The van der Waals surface area contributed by atoms with Crippen molar-refractivity contribution in [1.29, 1.82) is 0 Å². The maximum atomic E-state index is 11.8. The fourth-order valence-corrected chi connectivity index (χ4v) is 1.88. The third-order valence-electron chi connectivity index (χ3n) is 2.35. The second kappa shape index (κ2) is 10.4. The van der Waals surface area contributed by atoms with Gasteiger partial charge in [-0.3, -0.25) is 4.84 Å². The van der Waals surface area contributed by atoms with Crippen molar-refractivity contribution in [3.8, 4) is 0 Å². The van der Waals surface area contributed by atoms with Gasteiger partial charge < -0.3 is 14.8 Å². The number of hydrogen-bond acceptors (Lipinski definition) is 5. The van der Waals surface area contributed by atoms with E-state index in [-0.39, 0.29) is 12.6 Å². The molecule has 0 aromatic rings. The number of alkyl carbamates (subject to hydrolysis) is 1. The van der Waals surface area contributed by atoms with Crippen LogP contribution in [0.25, 0.3) is 0 Å². The van der Waals surface area contributed by atoms with Gasteiger partial charge >= 0.3 is 12.2 Å². The van der Waals surface area contributed by atoms with Gasteiger partial charge in [-0.05, 0) is 34.1 Å². The van der Waals surface area contributed by atoms with Gasteiger partial charge in [-0.1, -0.05) is 28.6 Å². The van der Waals surface area contributed by atoms with Crippen LogP contribution < -0.4 is 10.8 Å². The second-order valence-corrected chi connectivity index (χ2v) is 6.34. The van der Waals surface area contributed by atoms with Crippen molar-refractivity contribution >= 4 is 28.1 Å². The van der Waals surface area contributed by atoms with Gasteiger partial charge in [-0.2, -0.15) is 5.48 Å². The first-order valence-corrected chi connectivity index (χ1v) is 8.06. The Balaban J connectivity index is 4.38. The molecule has 128 valence electrons. The standard InChI is InChI=1S/C14H25BrN2O5/c1-6-9-20-13(19)17-22-10(2)11(7-8-15)16-12(18)21-14(3,4)5/h6,10-11H,1,7-9H2,2-5H3,(H,16,18)(H,17,19)/t10-,11?/m0/s1. The highest BCUT2D eigenvalue weighted by atomic mass is 79.9. The summed E-state index contributed by atoms with van der Waals surface area (Å²) in [5.41, 5.74) is 1.58. The van der Waals surface area contributed by atoms with E-state index < -0.39 is 23.9 Å². The van der Waals surface area contributed by atoms with Gasteiger partial charge in [-0.25, -0.2) is 9.59 Å². The molecule has 0 fully saturated rings. The van der Waals surface area contributed by atoms with Crippen LogP contribution in [0.15, 0.2) is 12.7 Å². The van der Waals surface area contributed by atoms with Gasteiger partial charge in [0, 0.05) is 5.33 Å². The highest BCUT2D eigenvalue weighted by Gasteiger charge is 2.24. The van der Waals surface area contributed by atoms with Crippen LogP contribution in [0.2, 0.25) is 0 Å². The van der Waals surface area contributed by atoms with Crippen molar-refractivity contribution in [2.75, 3.05) is 11.9 Å². The number of rotatable bonds is 8. The molecule has 0 aliphatic carbocycles. The number of ether oxygens (including phenoxy) is 2. The molecule has 0 radical (unpaired) electrons. The Bertz CT molecular complexity index is 371. The van der Waals surface area contributed by atoms with Crippen LogP contribution in [-0.2, 0) is 14.3 Å². The number of alkyl halides is 1. The van der Waals surface area contributed by atoms with E-state index >= 15 is 0 Å². The Morgan fingerprint density at radius 3 is 2.45 bits per heavy atom. The Kier molecular flexibility index (Phi) is 9.84. The average Bonchev–Trinajstić information content (AvgIpc) is 2.39. The largest absolute Gasteiger partial charge is 0.444 e. The first-order chi connectivity index (χ1) is 10.2. The van der Waals surface area contributed by atoms with Crippen molar-refractivity contribution in [2.24, 2.45) is 0 Å². The lowest BCUT2D eigenvalue weighted by atomic mass is 10.1. The molecule has 0 spiro atoms. The summed E-state index contributed by atoms with van der Waals surface area (Å²) in [4.78, 5) is 28.3. The van der Waals surface area contributed by atoms with E-state index in [0.29, 0.717) is 11.8 Å². The molecule has 22 heavy (non-hydrogen) atoms. The van der Waals surface area contributed by atoms with Crippen molar-refractivity contribution in [2.45, 2.75) is 51.9 Å². The molecule has 0 aliphatic rings. The van der Waals surface area contributed by atoms with Crippen LogP contribution in [0.1, 0.15) is 34.1 Å². The zero-order valence-electron chi connectivity index (χ0n) is 13.5. The van der Waals surface area contributed by atoms with Gasteiger partial charge in [0.25, 0.3) is 0 Å². The Morgan fingerprint density at radius 2 is 1.95 bits per heavy atom. The van der Waals surface area contributed by atoms with E-state index in [1.807, 2.05) is 0 Å². The molecule has 2 atom stereocenters. The molecule has 0 aliphatic heterocycles. The highest BCUT2D eigenvalue weighted by Crippen LogP contribution is 2.10. The lowest BCUT2D eigenvalue weighted by Gasteiger charge is -2.26. The van der Waals surface area contributed by atoms with Crippen molar-refractivity contribution in [3.63, 3.8) is 0 Å². The summed E-state index contributed by atoms with van der Waals surface area (Å²) >= 11 is 3.31. The van der Waals surface area contributed by atoms with Gasteiger partial charge in [0.1, 0.15) is 18.3 Å². The first kappa shape index (κ1) is 20.7. The number of carbonyl (C=O) groups excluding carboxylic acids is 2. The zero-order chi connectivity index (χ0) is 17.2. The number of carbonyl (C=O) groups is 2. The Morgan fingerprint density at radius 1 is 1.32 bits per heavy atom. The summed E-state index contributed by atoms with van der Waals surface area (Å²) in [5.74, 6) is 0. The number of hydroxylamine groups is 1. The topological polar surface area (TPSA) is 85.9 Å². The Hall–Kier alpha value is -1.28. The molecule has 0 heterocycles. The van der Waals surface area contributed by atoms with Crippen LogP contribution in [0.5, 0.6) is 0 Å². The van der Waals surface area contributed by atoms with Gasteiger partial charge in [-0.15, -0.1) is 0 Å². The van der Waals surface area contributed by atoms with Crippen molar-refractivity contribution in [1.82, 2.24) is 10.8 Å². The summed E-state index contributed by atoms with van der Waals surface area (Å²) in [5, 5.41) is 3.37. The zero-order valence-corrected chi connectivity index (χ0v) is 15.1. The average molecular weight is 381 g/mol. The smallest absolute Gasteiger partial charge is 0.431 e. The molecular formula is C14H25BrN2O5. The molecule has 0 rings (SSSR count). The SMILES string of the molecule is C=CCOC(=O)NO[C@@H](C)C(CCBr)NC(=O)OC(C)(C)C. The lowest BCUT2D eigenvalue weighted by Crippen LogP contribution is -2.47. The fraction of sp³-hybridized carbons (Fsp3) is 0.714. The van der Waals surface area contributed by atoms with Crippen molar-refractivity contribution < 1.29 is 23.9 Å². The molecular weight excluding hydrogens is 356 g/mol. The van der Waals surface area contributed by atoms with E-state index in [4.69, 9.17) is 14.3 Å². The maximum absolute atomic E-state index is 11.8. The van der Waals surface area contributed by atoms with E-state index in [2.05, 4.69) is 33.3 Å². The molecule has 0 aromatic carbocycles. The number of amides is 2. The lowest BCUT2D eigenvalue weighted by molar-refractivity contribution is -0.0319. The molecule has 8 heteroatoms. The van der Waals surface area contributed by atoms with Crippen LogP contribution in [0.4, 0.5) is 9.59 Å². The van der Waals surface area contributed by atoms with E-state index in [9.17, 15) is 9.59 Å². The summed E-state index contributed by atoms with van der Waals surface area (Å²) in [6.45, 7) is 10.6.